The van der Waals surface area contributed by atoms with Gasteiger partial charge in [0, 0.05) is 30.3 Å². The second kappa shape index (κ2) is 8.53. The molecule has 25 heavy (non-hydrogen) atoms. The van der Waals surface area contributed by atoms with Gasteiger partial charge in [-0.15, -0.1) is 12.4 Å². The molecule has 3 N–H and O–H groups in total. The van der Waals surface area contributed by atoms with Gasteiger partial charge in [0.2, 0.25) is 5.91 Å². The van der Waals surface area contributed by atoms with Gasteiger partial charge in [0.15, 0.2) is 0 Å². The molecule has 5 nitrogen and oxygen atoms in total. The van der Waals surface area contributed by atoms with E-state index in [4.69, 9.17) is 0 Å². The van der Waals surface area contributed by atoms with Gasteiger partial charge in [-0.25, -0.2) is 0 Å². The van der Waals surface area contributed by atoms with Gasteiger partial charge >= 0.3 is 6.18 Å². The molecule has 2 atom stereocenters. The fourth-order valence-electron chi connectivity index (χ4n) is 2.69. The van der Waals surface area contributed by atoms with Crippen LogP contribution in [0, 0.1) is 0 Å². The van der Waals surface area contributed by atoms with Crippen molar-refractivity contribution in [2.75, 3.05) is 11.9 Å². The Morgan fingerprint density at radius 1 is 1.24 bits per heavy atom. The smallest absolute Gasteiger partial charge is 0.348 e. The lowest BCUT2D eigenvalue weighted by atomic mass is 9.99. The number of halogens is 4. The van der Waals surface area contributed by atoms with E-state index in [2.05, 4.69) is 16.0 Å². The fourth-order valence-corrected chi connectivity index (χ4v) is 2.69. The van der Waals surface area contributed by atoms with Crippen LogP contribution in [0.4, 0.5) is 18.9 Å². The summed E-state index contributed by atoms with van der Waals surface area (Å²) in [5, 5.41) is 8.27. The highest BCUT2D eigenvalue weighted by atomic mass is 35.5. The highest BCUT2D eigenvalue weighted by Gasteiger charge is 2.32. The molecule has 2 unspecified atom stereocenters. The lowest BCUT2D eigenvalue weighted by Gasteiger charge is -2.30. The number of amides is 2. The molecule has 1 heterocycles. The summed E-state index contributed by atoms with van der Waals surface area (Å²) in [6, 6.07) is 2.74. The van der Waals surface area contributed by atoms with Crippen molar-refractivity contribution in [1.82, 2.24) is 10.6 Å². The van der Waals surface area contributed by atoms with Crippen molar-refractivity contribution in [3.63, 3.8) is 0 Å². The van der Waals surface area contributed by atoms with Gasteiger partial charge in [0.25, 0.3) is 5.91 Å². The maximum atomic E-state index is 13.0. The predicted octanol–water partition coefficient (Wildman–Crippen LogP) is 2.96. The Morgan fingerprint density at radius 2 is 1.92 bits per heavy atom. The number of benzene rings is 1. The summed E-state index contributed by atoms with van der Waals surface area (Å²) in [6.07, 6.45) is -2.96. The van der Waals surface area contributed by atoms with Crippen LogP contribution in [-0.4, -0.2) is 30.4 Å². The minimum Gasteiger partial charge on any atom is -0.348 e. The third-order valence-corrected chi connectivity index (χ3v) is 3.92. The summed E-state index contributed by atoms with van der Waals surface area (Å²) in [6.45, 7) is 3.96. The van der Waals surface area contributed by atoms with Crippen LogP contribution in [0.3, 0.4) is 0 Å². The van der Waals surface area contributed by atoms with Crippen molar-refractivity contribution in [2.45, 2.75) is 44.9 Å². The second-order valence-corrected chi connectivity index (χ2v) is 5.94. The molecule has 140 valence electrons. The van der Waals surface area contributed by atoms with E-state index in [1.165, 1.54) is 13.0 Å². The predicted molar refractivity (Wildman–Crippen MR) is 90.9 cm³/mol. The van der Waals surface area contributed by atoms with E-state index in [0.717, 1.165) is 31.5 Å². The molecular weight excluding hydrogens is 359 g/mol. The molecule has 0 saturated carbocycles. The molecule has 2 rings (SSSR count). The number of hydrogen-bond acceptors (Lipinski definition) is 3. The lowest BCUT2D eigenvalue weighted by Crippen LogP contribution is -2.51. The number of anilines is 1. The number of hydrogen-bond donors (Lipinski definition) is 3. The standard InChI is InChI=1S/C16H20F3N3O2.ClH/c1-9-14(4-3-5-20-9)22-15(24)11-6-12(16(17,18)19)8-13(7-11)21-10(2)23;/h6-9,14,20H,3-5H2,1-2H3,(H,21,23)(H,22,24);1H. The summed E-state index contributed by atoms with van der Waals surface area (Å²) in [5.74, 6) is -1.10. The molecule has 0 aliphatic carbocycles. The molecule has 1 aromatic carbocycles. The number of alkyl halides is 3. The van der Waals surface area contributed by atoms with Crippen molar-refractivity contribution < 1.29 is 22.8 Å². The van der Waals surface area contributed by atoms with Gasteiger partial charge in [-0.3, -0.25) is 9.59 Å². The van der Waals surface area contributed by atoms with Gasteiger partial charge in [0.05, 0.1) is 5.56 Å². The number of nitrogens with one attached hydrogen (secondary N) is 3. The van der Waals surface area contributed by atoms with Crippen molar-refractivity contribution in [3.8, 4) is 0 Å². The van der Waals surface area contributed by atoms with Crippen molar-refractivity contribution in [3.05, 3.63) is 29.3 Å². The molecular formula is C16H21ClF3N3O2. The van der Waals surface area contributed by atoms with Crippen LogP contribution in [0.1, 0.15) is 42.6 Å². The first-order valence-electron chi connectivity index (χ1n) is 7.71. The van der Waals surface area contributed by atoms with E-state index >= 15 is 0 Å². The van der Waals surface area contributed by atoms with Gasteiger partial charge < -0.3 is 16.0 Å². The number of rotatable bonds is 3. The second-order valence-electron chi connectivity index (χ2n) is 5.94. The minimum absolute atomic E-state index is 0. The molecule has 2 amide bonds. The first-order valence-corrected chi connectivity index (χ1v) is 7.71. The van der Waals surface area contributed by atoms with Gasteiger partial charge in [-0.1, -0.05) is 0 Å². The molecule has 0 bridgehead atoms. The molecule has 1 aliphatic rings. The Labute approximate surface area is 150 Å². The Balaban J connectivity index is 0.00000312. The molecule has 1 aromatic rings. The average molecular weight is 380 g/mol. The molecule has 9 heteroatoms. The Bertz CT molecular complexity index is 638. The molecule has 1 fully saturated rings. The van der Waals surface area contributed by atoms with E-state index in [9.17, 15) is 22.8 Å². The third-order valence-electron chi connectivity index (χ3n) is 3.92. The van der Waals surface area contributed by atoms with Crippen molar-refractivity contribution >= 4 is 29.9 Å². The van der Waals surface area contributed by atoms with E-state index in [0.29, 0.717) is 0 Å². The van der Waals surface area contributed by atoms with E-state index < -0.39 is 23.6 Å². The van der Waals surface area contributed by atoms with E-state index in [1.54, 1.807) is 0 Å². The first-order chi connectivity index (χ1) is 11.2. The summed E-state index contributed by atoms with van der Waals surface area (Å²) in [5.41, 5.74) is -1.17. The van der Waals surface area contributed by atoms with Gasteiger partial charge in [-0.05, 0) is 44.5 Å². The maximum Gasteiger partial charge on any atom is 0.416 e. The SMILES string of the molecule is CC(=O)Nc1cc(C(=O)NC2CCCNC2C)cc(C(F)(F)F)c1.Cl. The van der Waals surface area contributed by atoms with Crippen molar-refractivity contribution in [1.29, 1.82) is 0 Å². The topological polar surface area (TPSA) is 70.2 Å². The summed E-state index contributed by atoms with van der Waals surface area (Å²) in [7, 11) is 0. The maximum absolute atomic E-state index is 13.0. The van der Waals surface area contributed by atoms with Crippen molar-refractivity contribution in [2.24, 2.45) is 0 Å². The number of piperidine rings is 1. The number of carbonyl (C=O) groups is 2. The minimum atomic E-state index is -4.61. The number of carbonyl (C=O) groups excluding carboxylic acids is 2. The van der Waals surface area contributed by atoms with Gasteiger partial charge in [-0.2, -0.15) is 13.2 Å². The van der Waals surface area contributed by atoms with Crippen LogP contribution >= 0.6 is 12.4 Å². The Kier molecular flexibility index (Phi) is 7.25. The van der Waals surface area contributed by atoms with E-state index in [1.807, 2.05) is 6.92 Å². The zero-order valence-corrected chi connectivity index (χ0v) is 14.7. The zero-order chi connectivity index (χ0) is 17.9. The normalized spacial score (nSPS) is 20.4. The lowest BCUT2D eigenvalue weighted by molar-refractivity contribution is -0.137. The summed E-state index contributed by atoms with van der Waals surface area (Å²) < 4.78 is 39.0. The third kappa shape index (κ3) is 5.89. The van der Waals surface area contributed by atoms with Crippen LogP contribution in [0.25, 0.3) is 0 Å². The summed E-state index contributed by atoms with van der Waals surface area (Å²) >= 11 is 0. The van der Waals surface area contributed by atoms with Crippen LogP contribution in [0.2, 0.25) is 0 Å². The molecule has 1 saturated heterocycles. The fraction of sp³-hybridized carbons (Fsp3) is 0.500. The Morgan fingerprint density at radius 3 is 2.48 bits per heavy atom. The zero-order valence-electron chi connectivity index (χ0n) is 13.9. The molecule has 0 spiro atoms. The molecule has 0 radical (unpaired) electrons. The Hall–Kier alpha value is -1.80. The monoisotopic (exact) mass is 379 g/mol. The van der Waals surface area contributed by atoms with Crippen LogP contribution in [0.5, 0.6) is 0 Å². The van der Waals surface area contributed by atoms with Gasteiger partial charge in [0.1, 0.15) is 0 Å². The average Bonchev–Trinajstić information content (AvgIpc) is 2.47. The van der Waals surface area contributed by atoms with E-state index in [-0.39, 0.29) is 35.7 Å². The molecule has 1 aliphatic heterocycles. The van der Waals surface area contributed by atoms with Crippen LogP contribution in [-0.2, 0) is 11.0 Å². The highest BCUT2D eigenvalue weighted by Crippen LogP contribution is 2.32. The largest absolute Gasteiger partial charge is 0.416 e. The highest BCUT2D eigenvalue weighted by molar-refractivity contribution is 5.97. The van der Waals surface area contributed by atoms with Crippen LogP contribution < -0.4 is 16.0 Å². The van der Waals surface area contributed by atoms with Crippen LogP contribution in [0.15, 0.2) is 18.2 Å². The quantitative estimate of drug-likeness (QED) is 0.756. The first kappa shape index (κ1) is 21.2. The summed E-state index contributed by atoms with van der Waals surface area (Å²) in [4.78, 5) is 23.5. The molecule has 0 aromatic heterocycles.